The molecule has 0 aliphatic carbocycles. The Kier molecular flexibility index (Phi) is 20.0. The molecule has 0 fully saturated rings. The van der Waals surface area contributed by atoms with Crippen LogP contribution in [0, 0.1) is 0 Å². The number of carbonyl (C=O) groups is 2. The number of carbonyl (C=O) groups excluding carboxylic acids is 2. The Hall–Kier alpha value is -1.62. The van der Waals surface area contributed by atoms with Crippen LogP contribution in [0.15, 0.2) is 25.3 Å². The predicted molar refractivity (Wildman–Crippen MR) is 89.4 cm³/mol. The Labute approximate surface area is 134 Å². The number of rotatable bonds is 12. The van der Waals surface area contributed by atoms with E-state index in [9.17, 15) is 9.59 Å². The van der Waals surface area contributed by atoms with Gasteiger partial charge in [0.15, 0.2) is 0 Å². The second kappa shape index (κ2) is 19.4. The molecule has 0 radical (unpaired) electrons. The second-order valence-electron chi connectivity index (χ2n) is 4.71. The summed E-state index contributed by atoms with van der Waals surface area (Å²) in [7, 11) is 0. The fourth-order valence-electron chi connectivity index (χ4n) is 1.49. The first-order chi connectivity index (χ1) is 10.6. The zero-order valence-corrected chi connectivity index (χ0v) is 13.8. The molecular formula is C17H31NO4. The molecule has 1 amide bonds. The molecule has 0 unspecified atom stereocenters. The van der Waals surface area contributed by atoms with Gasteiger partial charge < -0.3 is 15.2 Å². The van der Waals surface area contributed by atoms with E-state index in [0.717, 1.165) is 19.0 Å². The molecule has 0 atom stereocenters. The normalized spacial score (nSPS) is 9.18. The van der Waals surface area contributed by atoms with Crippen molar-refractivity contribution in [3.63, 3.8) is 0 Å². The second-order valence-corrected chi connectivity index (χ2v) is 4.71. The zero-order valence-electron chi connectivity index (χ0n) is 13.8. The summed E-state index contributed by atoms with van der Waals surface area (Å²) in [5, 5.41) is 11.0. The van der Waals surface area contributed by atoms with Crippen molar-refractivity contribution in [3.8, 4) is 0 Å². The first-order valence-corrected chi connectivity index (χ1v) is 7.92. The number of unbranched alkanes of at least 4 members (excludes halogenated alkanes) is 5. The van der Waals surface area contributed by atoms with Crippen molar-refractivity contribution in [2.24, 2.45) is 0 Å². The molecule has 5 nitrogen and oxygen atoms in total. The van der Waals surface area contributed by atoms with Crippen molar-refractivity contribution in [1.82, 2.24) is 5.32 Å². The molecule has 5 heteroatoms. The van der Waals surface area contributed by atoms with E-state index in [2.05, 4.69) is 30.1 Å². The molecule has 0 saturated carbocycles. The van der Waals surface area contributed by atoms with Gasteiger partial charge in [-0.25, -0.2) is 4.79 Å². The van der Waals surface area contributed by atoms with E-state index in [1.165, 1.54) is 38.2 Å². The average Bonchev–Trinajstić information content (AvgIpc) is 2.54. The lowest BCUT2D eigenvalue weighted by Crippen LogP contribution is -2.21. The van der Waals surface area contributed by atoms with Crippen LogP contribution in [0.25, 0.3) is 0 Å². The first kappa shape index (κ1) is 22.7. The molecule has 0 spiro atoms. The van der Waals surface area contributed by atoms with Gasteiger partial charge in [-0.15, -0.1) is 0 Å². The van der Waals surface area contributed by atoms with Crippen LogP contribution in [0.2, 0.25) is 0 Å². The molecular weight excluding hydrogens is 282 g/mol. The topological polar surface area (TPSA) is 75.6 Å². The number of amides is 1. The van der Waals surface area contributed by atoms with Crippen LogP contribution < -0.4 is 5.32 Å². The summed E-state index contributed by atoms with van der Waals surface area (Å²) in [6, 6.07) is 0. The highest BCUT2D eigenvalue weighted by Gasteiger charge is 1.93. The highest BCUT2D eigenvalue weighted by atomic mass is 16.5. The van der Waals surface area contributed by atoms with E-state index < -0.39 is 5.97 Å². The van der Waals surface area contributed by atoms with Crippen LogP contribution in [0.3, 0.4) is 0 Å². The maximum Gasteiger partial charge on any atom is 0.330 e. The summed E-state index contributed by atoms with van der Waals surface area (Å²) in [5.74, 6) is -0.503. The molecule has 0 aromatic rings. The van der Waals surface area contributed by atoms with E-state index in [0.29, 0.717) is 6.42 Å². The molecule has 0 aliphatic heterocycles. The molecule has 0 heterocycles. The molecule has 0 saturated heterocycles. The van der Waals surface area contributed by atoms with Crippen LogP contribution in [0.1, 0.15) is 51.9 Å². The van der Waals surface area contributed by atoms with Crippen molar-refractivity contribution >= 4 is 11.9 Å². The summed E-state index contributed by atoms with van der Waals surface area (Å²) < 4.78 is 4.51. The Bertz CT molecular complexity index is 303. The largest absolute Gasteiger partial charge is 0.462 e. The van der Waals surface area contributed by atoms with Gasteiger partial charge in [-0.1, -0.05) is 52.2 Å². The van der Waals surface area contributed by atoms with E-state index in [-0.39, 0.29) is 19.1 Å². The van der Waals surface area contributed by atoms with Crippen LogP contribution >= 0.6 is 0 Å². The number of ether oxygens (including phenoxy) is 1. The Morgan fingerprint density at radius 3 is 2.23 bits per heavy atom. The number of esters is 1. The van der Waals surface area contributed by atoms with Crippen LogP contribution in [-0.2, 0) is 14.3 Å². The lowest BCUT2D eigenvalue weighted by Gasteiger charge is -2.01. The van der Waals surface area contributed by atoms with Gasteiger partial charge in [0.25, 0.3) is 0 Å². The van der Waals surface area contributed by atoms with Gasteiger partial charge in [-0.05, 0) is 12.5 Å². The molecule has 22 heavy (non-hydrogen) atoms. The third kappa shape index (κ3) is 20.7. The minimum atomic E-state index is -0.441. The van der Waals surface area contributed by atoms with E-state index in [4.69, 9.17) is 5.11 Å². The number of aliphatic hydroxyl groups excluding tert-OH is 1. The molecule has 0 bridgehead atoms. The molecule has 0 aromatic heterocycles. The van der Waals surface area contributed by atoms with Crippen molar-refractivity contribution in [1.29, 1.82) is 0 Å². The number of hydrogen-bond acceptors (Lipinski definition) is 4. The number of hydrogen-bond donors (Lipinski definition) is 2. The van der Waals surface area contributed by atoms with Crippen LogP contribution in [0.5, 0.6) is 0 Å². The first-order valence-electron chi connectivity index (χ1n) is 7.92. The SMILES string of the molecule is C=CC(=O)NCCCCCCCC.C=CC(=O)OCCCO. The molecule has 2 N–H and O–H groups in total. The summed E-state index contributed by atoms with van der Waals surface area (Å²) >= 11 is 0. The Morgan fingerprint density at radius 2 is 1.68 bits per heavy atom. The lowest BCUT2D eigenvalue weighted by atomic mass is 10.1. The van der Waals surface area contributed by atoms with E-state index >= 15 is 0 Å². The third-order valence-corrected chi connectivity index (χ3v) is 2.73. The van der Waals surface area contributed by atoms with E-state index in [1.807, 2.05) is 0 Å². The van der Waals surface area contributed by atoms with Crippen molar-refractivity contribution in [2.45, 2.75) is 51.9 Å². The van der Waals surface area contributed by atoms with Gasteiger partial charge in [0.1, 0.15) is 0 Å². The minimum Gasteiger partial charge on any atom is -0.462 e. The van der Waals surface area contributed by atoms with Gasteiger partial charge in [-0.2, -0.15) is 0 Å². The summed E-state index contributed by atoms with van der Waals surface area (Å²) in [5.41, 5.74) is 0. The molecule has 0 rings (SSSR count). The lowest BCUT2D eigenvalue weighted by molar-refractivity contribution is -0.138. The van der Waals surface area contributed by atoms with Gasteiger partial charge in [-0.3, -0.25) is 4.79 Å². The van der Waals surface area contributed by atoms with Crippen molar-refractivity contribution < 1.29 is 19.4 Å². The highest BCUT2D eigenvalue weighted by molar-refractivity contribution is 5.86. The number of aliphatic hydroxyl groups is 1. The summed E-state index contributed by atoms with van der Waals surface area (Å²) in [4.78, 5) is 21.0. The highest BCUT2D eigenvalue weighted by Crippen LogP contribution is 2.03. The van der Waals surface area contributed by atoms with E-state index in [1.54, 1.807) is 0 Å². The standard InChI is InChI=1S/C11H21NO.C6H10O3/c1-3-5-6-7-8-9-10-12-11(13)4-2;1-2-6(8)9-5-3-4-7/h4H,2-3,5-10H2,1H3,(H,12,13);2,7H,1,3-5H2. The Morgan fingerprint density at radius 1 is 1.05 bits per heavy atom. The van der Waals surface area contributed by atoms with Gasteiger partial charge in [0.05, 0.1) is 6.61 Å². The third-order valence-electron chi connectivity index (χ3n) is 2.73. The smallest absolute Gasteiger partial charge is 0.330 e. The summed E-state index contributed by atoms with van der Waals surface area (Å²) in [6.45, 7) is 9.90. The number of nitrogens with one attached hydrogen (secondary N) is 1. The predicted octanol–water partition coefficient (Wildman–Crippen LogP) is 2.75. The van der Waals surface area contributed by atoms with Crippen molar-refractivity contribution in [3.05, 3.63) is 25.3 Å². The molecule has 128 valence electrons. The summed E-state index contributed by atoms with van der Waals surface area (Å²) in [6.07, 6.45) is 10.4. The fourth-order valence-corrected chi connectivity index (χ4v) is 1.49. The van der Waals surface area contributed by atoms with Gasteiger partial charge >= 0.3 is 5.97 Å². The van der Waals surface area contributed by atoms with Gasteiger partial charge in [0.2, 0.25) is 5.91 Å². The molecule has 0 aromatic carbocycles. The average molecular weight is 313 g/mol. The van der Waals surface area contributed by atoms with Crippen molar-refractivity contribution in [2.75, 3.05) is 19.8 Å². The molecule has 0 aliphatic rings. The Balaban J connectivity index is 0. The zero-order chi connectivity index (χ0) is 17.1. The maximum absolute atomic E-state index is 10.7. The van der Waals surface area contributed by atoms with Crippen LogP contribution in [0.4, 0.5) is 0 Å². The maximum atomic E-state index is 10.7. The fraction of sp³-hybridized carbons (Fsp3) is 0.647. The van der Waals surface area contributed by atoms with Gasteiger partial charge in [0, 0.05) is 25.6 Å². The minimum absolute atomic E-state index is 0.0461. The van der Waals surface area contributed by atoms with Crippen LogP contribution in [-0.4, -0.2) is 36.7 Å². The monoisotopic (exact) mass is 313 g/mol. The quantitative estimate of drug-likeness (QED) is 0.330.